The largest absolute Gasteiger partial charge is 0.457 e. The van der Waals surface area contributed by atoms with Gasteiger partial charge in [0.15, 0.2) is 0 Å². The lowest BCUT2D eigenvalue weighted by molar-refractivity contribution is 0.435. The summed E-state index contributed by atoms with van der Waals surface area (Å²) in [6, 6.07) is 29.5. The molecule has 0 unspecified atom stereocenters. The minimum atomic E-state index is -3.84. The van der Waals surface area contributed by atoms with Gasteiger partial charge in [-0.25, -0.2) is 0 Å². The van der Waals surface area contributed by atoms with Gasteiger partial charge in [-0.1, -0.05) is 73.8 Å². The standard InChI is InChI=1S/C28H24Br2N2O3S/c1-21-7-15-27(16-8-21)36(33,34)32(18-17-23-11-12-24(29)19-28(23)30)31-20-22-9-13-26(14-10-22)35-25-5-3-2-4-6-25/h2-16,19-20H,17-18H2,1H3/b31-20+. The molecule has 0 N–H and O–H groups in total. The molecular weight excluding hydrogens is 604 g/mol. The molecule has 0 radical (unpaired) electrons. The summed E-state index contributed by atoms with van der Waals surface area (Å²) in [6.45, 7) is 2.10. The van der Waals surface area contributed by atoms with E-state index in [0.29, 0.717) is 12.2 Å². The van der Waals surface area contributed by atoms with Crippen LogP contribution in [0.1, 0.15) is 16.7 Å². The van der Waals surface area contributed by atoms with E-state index in [0.717, 1.165) is 35.8 Å². The first-order valence-corrected chi connectivity index (χ1v) is 14.2. The predicted octanol–water partition coefficient (Wildman–Crippen LogP) is 7.58. The third kappa shape index (κ3) is 6.84. The fourth-order valence-corrected chi connectivity index (χ4v) is 5.86. The van der Waals surface area contributed by atoms with Crippen LogP contribution >= 0.6 is 31.9 Å². The summed E-state index contributed by atoms with van der Waals surface area (Å²) in [7, 11) is -3.84. The highest BCUT2D eigenvalue weighted by molar-refractivity contribution is 9.11. The number of halogens is 2. The number of rotatable bonds is 9. The van der Waals surface area contributed by atoms with Gasteiger partial charge in [-0.15, -0.1) is 0 Å². The average molecular weight is 628 g/mol. The number of sulfonamides is 1. The van der Waals surface area contributed by atoms with Crippen LogP contribution < -0.4 is 4.74 Å². The summed E-state index contributed by atoms with van der Waals surface area (Å²) < 4.78 is 35.7. The zero-order valence-corrected chi connectivity index (χ0v) is 23.5. The van der Waals surface area contributed by atoms with Crippen LogP contribution in [0.5, 0.6) is 11.5 Å². The maximum atomic E-state index is 13.5. The molecule has 184 valence electrons. The Morgan fingerprint density at radius 1 is 0.861 bits per heavy atom. The van der Waals surface area contributed by atoms with Crippen LogP contribution in [-0.4, -0.2) is 25.6 Å². The SMILES string of the molecule is Cc1ccc(S(=O)(=O)N(CCc2ccc(Br)cc2Br)/N=C/c2ccc(Oc3ccccc3)cc2)cc1. The molecule has 0 atom stereocenters. The number of aryl methyl sites for hydroxylation is 1. The van der Waals surface area contributed by atoms with Crippen molar-refractivity contribution >= 4 is 48.1 Å². The van der Waals surface area contributed by atoms with Gasteiger partial charge in [0.2, 0.25) is 0 Å². The Bertz CT molecular complexity index is 1440. The topological polar surface area (TPSA) is 59.0 Å². The minimum Gasteiger partial charge on any atom is -0.457 e. The highest BCUT2D eigenvalue weighted by atomic mass is 79.9. The Balaban J connectivity index is 1.56. The normalized spacial score (nSPS) is 11.5. The van der Waals surface area contributed by atoms with E-state index >= 15 is 0 Å². The van der Waals surface area contributed by atoms with Gasteiger partial charge in [-0.3, -0.25) is 0 Å². The molecule has 0 saturated carbocycles. The maximum absolute atomic E-state index is 13.5. The van der Waals surface area contributed by atoms with Gasteiger partial charge in [0.05, 0.1) is 17.7 Å². The number of benzene rings is 4. The Morgan fingerprint density at radius 3 is 2.19 bits per heavy atom. The van der Waals surface area contributed by atoms with E-state index in [-0.39, 0.29) is 11.4 Å². The highest BCUT2D eigenvalue weighted by Crippen LogP contribution is 2.24. The van der Waals surface area contributed by atoms with Gasteiger partial charge in [0.1, 0.15) is 11.5 Å². The third-order valence-electron chi connectivity index (χ3n) is 5.38. The van der Waals surface area contributed by atoms with Gasteiger partial charge in [0.25, 0.3) is 10.0 Å². The lowest BCUT2D eigenvalue weighted by atomic mass is 10.1. The van der Waals surface area contributed by atoms with E-state index in [1.807, 2.05) is 79.7 Å². The summed E-state index contributed by atoms with van der Waals surface area (Å²) in [5.41, 5.74) is 2.73. The molecule has 36 heavy (non-hydrogen) atoms. The molecule has 4 aromatic carbocycles. The second-order valence-corrected chi connectivity index (χ2v) is 11.7. The summed E-state index contributed by atoms with van der Waals surface area (Å²) >= 11 is 7.01. The van der Waals surface area contributed by atoms with Crippen molar-refractivity contribution in [3.63, 3.8) is 0 Å². The summed E-state index contributed by atoms with van der Waals surface area (Å²) in [6.07, 6.45) is 2.04. The molecule has 0 aliphatic rings. The van der Waals surface area contributed by atoms with Crippen molar-refractivity contribution in [3.05, 3.63) is 123 Å². The molecule has 8 heteroatoms. The van der Waals surface area contributed by atoms with Crippen molar-refractivity contribution in [1.29, 1.82) is 0 Å². The maximum Gasteiger partial charge on any atom is 0.279 e. The molecule has 0 fully saturated rings. The van der Waals surface area contributed by atoms with Crippen molar-refractivity contribution in [1.82, 2.24) is 4.41 Å². The molecular formula is C28H24Br2N2O3S. The average Bonchev–Trinajstić information content (AvgIpc) is 2.87. The van der Waals surface area contributed by atoms with Gasteiger partial charge < -0.3 is 4.74 Å². The number of hydrogen-bond donors (Lipinski definition) is 0. The first-order chi connectivity index (χ1) is 17.3. The van der Waals surface area contributed by atoms with Crippen molar-refractivity contribution in [2.75, 3.05) is 6.54 Å². The van der Waals surface area contributed by atoms with Crippen molar-refractivity contribution < 1.29 is 13.2 Å². The second kappa shape index (κ2) is 11.9. The Morgan fingerprint density at radius 2 is 1.53 bits per heavy atom. The van der Waals surface area contributed by atoms with E-state index in [4.69, 9.17) is 4.74 Å². The number of nitrogens with zero attached hydrogens (tertiary/aromatic N) is 2. The number of hydrazone groups is 1. The number of ether oxygens (including phenoxy) is 1. The van der Waals surface area contributed by atoms with Crippen molar-refractivity contribution in [2.24, 2.45) is 5.10 Å². The lowest BCUT2D eigenvalue weighted by Gasteiger charge is -2.20. The fourth-order valence-electron chi connectivity index (χ4n) is 3.39. The first-order valence-electron chi connectivity index (χ1n) is 11.2. The Kier molecular flexibility index (Phi) is 8.61. The van der Waals surface area contributed by atoms with Crippen LogP contribution in [-0.2, 0) is 16.4 Å². The first kappa shape index (κ1) is 26.1. The zero-order valence-electron chi connectivity index (χ0n) is 19.5. The Hall–Kier alpha value is -2.94. The van der Waals surface area contributed by atoms with Gasteiger partial charge >= 0.3 is 0 Å². The molecule has 4 aromatic rings. The van der Waals surface area contributed by atoms with Gasteiger partial charge in [-0.05, 0) is 85.1 Å². The fraction of sp³-hybridized carbons (Fsp3) is 0.107. The molecule has 0 heterocycles. The molecule has 0 spiro atoms. The molecule has 0 aliphatic carbocycles. The van der Waals surface area contributed by atoms with Crippen LogP contribution in [0, 0.1) is 6.92 Å². The van der Waals surface area contributed by atoms with Crippen LogP contribution in [0.3, 0.4) is 0 Å². The quantitative estimate of drug-likeness (QED) is 0.142. The summed E-state index contributed by atoms with van der Waals surface area (Å²) in [4.78, 5) is 0.201. The van der Waals surface area contributed by atoms with Crippen LogP contribution in [0.25, 0.3) is 0 Å². The van der Waals surface area contributed by atoms with Crippen LogP contribution in [0.4, 0.5) is 0 Å². The Labute approximate surface area is 228 Å². The predicted molar refractivity (Wildman–Crippen MR) is 151 cm³/mol. The van der Waals surface area contributed by atoms with Crippen molar-refractivity contribution in [3.8, 4) is 11.5 Å². The summed E-state index contributed by atoms with van der Waals surface area (Å²) in [5.74, 6) is 1.43. The van der Waals surface area contributed by atoms with E-state index in [1.165, 1.54) is 0 Å². The highest BCUT2D eigenvalue weighted by Gasteiger charge is 2.23. The smallest absolute Gasteiger partial charge is 0.279 e. The monoisotopic (exact) mass is 626 g/mol. The van der Waals surface area contributed by atoms with E-state index in [1.54, 1.807) is 30.5 Å². The van der Waals surface area contributed by atoms with E-state index in [2.05, 4.69) is 37.0 Å². The molecule has 4 rings (SSSR count). The molecule has 0 saturated heterocycles. The van der Waals surface area contributed by atoms with Gasteiger partial charge in [-0.2, -0.15) is 17.9 Å². The third-order valence-corrected chi connectivity index (χ3v) is 8.31. The van der Waals surface area contributed by atoms with E-state index in [9.17, 15) is 8.42 Å². The molecule has 5 nitrogen and oxygen atoms in total. The van der Waals surface area contributed by atoms with Gasteiger partial charge in [0, 0.05) is 8.95 Å². The number of hydrogen-bond acceptors (Lipinski definition) is 4. The van der Waals surface area contributed by atoms with E-state index < -0.39 is 10.0 Å². The van der Waals surface area contributed by atoms with Crippen LogP contribution in [0.2, 0.25) is 0 Å². The lowest BCUT2D eigenvalue weighted by Crippen LogP contribution is -2.28. The second-order valence-electron chi connectivity index (χ2n) is 8.08. The summed E-state index contributed by atoms with van der Waals surface area (Å²) in [5, 5.41) is 4.40. The zero-order chi connectivity index (χ0) is 25.5. The number of para-hydroxylation sites is 1. The molecule has 0 bridgehead atoms. The molecule has 0 aliphatic heterocycles. The molecule has 0 amide bonds. The van der Waals surface area contributed by atoms with Crippen molar-refractivity contribution in [2.45, 2.75) is 18.2 Å². The van der Waals surface area contributed by atoms with Crippen LogP contribution in [0.15, 0.2) is 116 Å². The molecule has 0 aromatic heterocycles. The minimum absolute atomic E-state index is 0.183.